The largest absolute Gasteiger partial charge is 0.507 e. The average molecular weight is 350 g/mol. The van der Waals surface area contributed by atoms with E-state index in [1.807, 2.05) is 13.0 Å². The fourth-order valence-corrected chi connectivity index (χ4v) is 3.11. The van der Waals surface area contributed by atoms with Gasteiger partial charge >= 0.3 is 0 Å². The molecule has 0 spiro atoms. The van der Waals surface area contributed by atoms with Crippen LogP contribution in [-0.2, 0) is 11.2 Å². The van der Waals surface area contributed by atoms with Gasteiger partial charge in [-0.2, -0.15) is 0 Å². The molecule has 0 aliphatic heterocycles. The highest BCUT2D eigenvalue weighted by molar-refractivity contribution is 5.76. The molecule has 0 heterocycles. The van der Waals surface area contributed by atoms with E-state index in [1.54, 1.807) is 0 Å². The molecule has 1 amide bonds. The van der Waals surface area contributed by atoms with Crippen molar-refractivity contribution >= 4 is 5.91 Å². The van der Waals surface area contributed by atoms with Crippen molar-refractivity contribution in [2.45, 2.75) is 72.9 Å². The van der Waals surface area contributed by atoms with E-state index in [0.717, 1.165) is 40.7 Å². The van der Waals surface area contributed by atoms with Crippen LogP contribution in [0.15, 0.2) is 12.1 Å². The number of hydrogen-bond acceptors (Lipinski definition) is 2. The van der Waals surface area contributed by atoms with Crippen LogP contribution in [0.5, 0.6) is 5.75 Å². The van der Waals surface area contributed by atoms with Gasteiger partial charge < -0.3 is 14.9 Å². The SMILES string of the molecule is CCC(C)c1cc(CCC(=O)NC(C)[N+](C)(CC)CC)cc(C)c1O. The number of quaternary nitrogens is 1. The van der Waals surface area contributed by atoms with Crippen LogP contribution in [0, 0.1) is 6.92 Å². The van der Waals surface area contributed by atoms with Crippen molar-refractivity contribution in [3.63, 3.8) is 0 Å². The van der Waals surface area contributed by atoms with Crippen LogP contribution in [0.2, 0.25) is 0 Å². The zero-order valence-electron chi connectivity index (χ0n) is 17.1. The maximum atomic E-state index is 12.4. The maximum Gasteiger partial charge on any atom is 0.224 e. The van der Waals surface area contributed by atoms with Gasteiger partial charge in [-0.3, -0.25) is 4.79 Å². The molecule has 1 rings (SSSR count). The second-order valence-electron chi connectivity index (χ2n) is 7.52. The topological polar surface area (TPSA) is 49.3 Å². The van der Waals surface area contributed by atoms with Crippen molar-refractivity contribution in [3.8, 4) is 5.75 Å². The highest BCUT2D eigenvalue weighted by Crippen LogP contribution is 2.32. The summed E-state index contributed by atoms with van der Waals surface area (Å²) in [6.07, 6.45) is 2.27. The minimum atomic E-state index is 0.0922. The molecule has 0 fully saturated rings. The van der Waals surface area contributed by atoms with Crippen molar-refractivity contribution in [1.82, 2.24) is 5.32 Å². The molecule has 0 aromatic heterocycles. The van der Waals surface area contributed by atoms with Crippen LogP contribution in [0.4, 0.5) is 0 Å². The van der Waals surface area contributed by atoms with Crippen molar-refractivity contribution in [2.24, 2.45) is 0 Å². The summed E-state index contributed by atoms with van der Waals surface area (Å²) in [6.45, 7) is 14.6. The molecular weight excluding hydrogens is 312 g/mol. The number of nitrogens with one attached hydrogen (secondary N) is 1. The van der Waals surface area contributed by atoms with E-state index >= 15 is 0 Å². The summed E-state index contributed by atoms with van der Waals surface area (Å²) in [5.74, 6) is 0.810. The smallest absolute Gasteiger partial charge is 0.224 e. The van der Waals surface area contributed by atoms with Crippen LogP contribution >= 0.6 is 0 Å². The summed E-state index contributed by atoms with van der Waals surface area (Å²) >= 11 is 0. The number of amides is 1. The molecule has 0 bridgehead atoms. The van der Waals surface area contributed by atoms with Gasteiger partial charge in [0.15, 0.2) is 6.17 Å². The molecule has 142 valence electrons. The minimum Gasteiger partial charge on any atom is -0.507 e. The zero-order chi connectivity index (χ0) is 19.2. The van der Waals surface area contributed by atoms with Crippen molar-refractivity contribution in [1.29, 1.82) is 0 Å². The molecule has 0 aliphatic carbocycles. The predicted molar refractivity (Wildman–Crippen MR) is 105 cm³/mol. The number of carbonyl (C=O) groups excluding carboxylic acids is 1. The average Bonchev–Trinajstić information content (AvgIpc) is 2.60. The van der Waals surface area contributed by atoms with Crippen LogP contribution < -0.4 is 5.32 Å². The van der Waals surface area contributed by atoms with E-state index in [1.165, 1.54) is 0 Å². The minimum absolute atomic E-state index is 0.0922. The van der Waals surface area contributed by atoms with E-state index in [-0.39, 0.29) is 12.1 Å². The van der Waals surface area contributed by atoms with Crippen molar-refractivity contribution < 1.29 is 14.4 Å². The molecule has 4 heteroatoms. The van der Waals surface area contributed by atoms with Crippen LogP contribution in [0.1, 0.15) is 70.1 Å². The number of carbonyl (C=O) groups is 1. The summed E-state index contributed by atoms with van der Waals surface area (Å²) in [4.78, 5) is 12.4. The molecule has 2 N–H and O–H groups in total. The molecule has 25 heavy (non-hydrogen) atoms. The molecular formula is C21H37N2O2+. The lowest BCUT2D eigenvalue weighted by atomic mass is 9.92. The van der Waals surface area contributed by atoms with Crippen LogP contribution in [-0.4, -0.2) is 41.8 Å². The molecule has 1 aromatic carbocycles. The van der Waals surface area contributed by atoms with Gasteiger partial charge in [0, 0.05) is 13.3 Å². The Morgan fingerprint density at radius 3 is 2.32 bits per heavy atom. The number of phenolic OH excluding ortho intramolecular Hbond substituents is 1. The van der Waals surface area contributed by atoms with Gasteiger partial charge in [0.25, 0.3) is 0 Å². The number of aromatic hydroxyl groups is 1. The second-order valence-corrected chi connectivity index (χ2v) is 7.52. The van der Waals surface area contributed by atoms with E-state index in [0.29, 0.717) is 24.5 Å². The van der Waals surface area contributed by atoms with Gasteiger partial charge in [-0.1, -0.05) is 26.0 Å². The van der Waals surface area contributed by atoms with Gasteiger partial charge in [-0.25, -0.2) is 0 Å². The predicted octanol–water partition coefficient (Wildman–Crippen LogP) is 4.10. The van der Waals surface area contributed by atoms with E-state index in [4.69, 9.17) is 0 Å². The Labute approximate surface area is 153 Å². The van der Waals surface area contributed by atoms with Crippen LogP contribution in [0.3, 0.4) is 0 Å². The van der Waals surface area contributed by atoms with Crippen molar-refractivity contribution in [3.05, 3.63) is 28.8 Å². The third kappa shape index (κ3) is 5.46. The number of benzene rings is 1. The second kappa shape index (κ2) is 9.23. The molecule has 0 aliphatic rings. The third-order valence-corrected chi connectivity index (χ3v) is 5.92. The quantitative estimate of drug-likeness (QED) is 0.521. The number of rotatable bonds is 9. The first-order valence-corrected chi connectivity index (χ1v) is 9.64. The van der Waals surface area contributed by atoms with E-state index in [9.17, 15) is 9.90 Å². The van der Waals surface area contributed by atoms with E-state index < -0.39 is 0 Å². The normalized spacial score (nSPS) is 14.2. The first kappa shape index (κ1) is 21.5. The van der Waals surface area contributed by atoms with Crippen LogP contribution in [0.25, 0.3) is 0 Å². The lowest BCUT2D eigenvalue weighted by molar-refractivity contribution is -0.930. The first-order chi connectivity index (χ1) is 11.7. The summed E-state index contributed by atoms with van der Waals surface area (Å²) in [5.41, 5.74) is 3.01. The fraction of sp³-hybridized carbons (Fsp3) is 0.667. The third-order valence-electron chi connectivity index (χ3n) is 5.92. The van der Waals surface area contributed by atoms with Gasteiger partial charge in [0.05, 0.1) is 20.1 Å². The first-order valence-electron chi connectivity index (χ1n) is 9.64. The Morgan fingerprint density at radius 1 is 1.20 bits per heavy atom. The molecule has 0 saturated heterocycles. The monoisotopic (exact) mass is 349 g/mol. The molecule has 2 atom stereocenters. The Balaban J connectivity index is 2.75. The lowest BCUT2D eigenvalue weighted by Crippen LogP contribution is -2.58. The van der Waals surface area contributed by atoms with Crippen molar-refractivity contribution in [2.75, 3.05) is 20.1 Å². The summed E-state index contributed by atoms with van der Waals surface area (Å²) in [5, 5.41) is 13.4. The van der Waals surface area contributed by atoms with Gasteiger partial charge in [0.2, 0.25) is 5.91 Å². The highest BCUT2D eigenvalue weighted by atomic mass is 16.3. The summed E-state index contributed by atoms with van der Waals surface area (Å²) in [7, 11) is 2.17. The Bertz CT molecular complexity index is 580. The molecule has 1 aromatic rings. The Kier molecular flexibility index (Phi) is 7.94. The Hall–Kier alpha value is -1.55. The maximum absolute atomic E-state index is 12.4. The lowest BCUT2D eigenvalue weighted by Gasteiger charge is -2.38. The molecule has 2 unspecified atom stereocenters. The number of aryl methyl sites for hydroxylation is 2. The molecule has 0 saturated carbocycles. The molecule has 0 radical (unpaired) electrons. The number of hydrogen-bond donors (Lipinski definition) is 2. The van der Waals surface area contributed by atoms with Gasteiger partial charge in [-0.15, -0.1) is 0 Å². The highest BCUT2D eigenvalue weighted by Gasteiger charge is 2.26. The molecule has 4 nitrogen and oxygen atoms in total. The summed E-state index contributed by atoms with van der Waals surface area (Å²) < 4.78 is 0.836. The number of phenols is 1. The fourth-order valence-electron chi connectivity index (χ4n) is 3.11. The Morgan fingerprint density at radius 2 is 1.80 bits per heavy atom. The zero-order valence-corrected chi connectivity index (χ0v) is 17.1. The van der Waals surface area contributed by atoms with E-state index in [2.05, 4.69) is 53.0 Å². The van der Waals surface area contributed by atoms with Gasteiger partial charge in [0.1, 0.15) is 5.75 Å². The standard InChI is InChI=1S/C21H36N2O2/c1-8-15(4)19-14-18(13-16(5)21(19)25)11-12-20(24)22-17(6)23(7,9-2)10-3/h13-15,17H,8-12H2,1-7H3,(H-,22,24,25)/p+1. The van der Waals surface area contributed by atoms with Gasteiger partial charge in [-0.05, 0) is 56.2 Å². The number of nitrogens with zero attached hydrogens (tertiary/aromatic N) is 1. The summed E-state index contributed by atoms with van der Waals surface area (Å²) in [6, 6.07) is 4.06.